The van der Waals surface area contributed by atoms with Crippen LogP contribution in [0.15, 0.2) is 0 Å². The van der Waals surface area contributed by atoms with Crippen LogP contribution in [-0.4, -0.2) is 50.8 Å². The zero-order chi connectivity index (χ0) is 10.4. The molecule has 1 heterocycles. The minimum Gasteiger partial charge on any atom is -0.383 e. The van der Waals surface area contributed by atoms with Gasteiger partial charge in [0.2, 0.25) is 0 Å². The maximum Gasteiger partial charge on any atom is 0.0617 e. The van der Waals surface area contributed by atoms with Gasteiger partial charge in [-0.25, -0.2) is 0 Å². The van der Waals surface area contributed by atoms with E-state index in [0.717, 1.165) is 32.2 Å². The van der Waals surface area contributed by atoms with Crippen LogP contribution in [-0.2, 0) is 4.74 Å². The minimum atomic E-state index is 0.599. The van der Waals surface area contributed by atoms with E-state index in [0.29, 0.717) is 6.04 Å². The van der Waals surface area contributed by atoms with Crippen molar-refractivity contribution >= 4 is 0 Å². The van der Waals surface area contributed by atoms with E-state index in [1.54, 1.807) is 7.11 Å². The van der Waals surface area contributed by atoms with Crippen LogP contribution in [0.1, 0.15) is 20.3 Å². The Morgan fingerprint density at radius 3 is 3.00 bits per heavy atom. The van der Waals surface area contributed by atoms with Crippen LogP contribution in [0.3, 0.4) is 0 Å². The Morgan fingerprint density at radius 2 is 2.36 bits per heavy atom. The van der Waals surface area contributed by atoms with E-state index in [1.165, 1.54) is 13.0 Å². The molecule has 0 bridgehead atoms. The van der Waals surface area contributed by atoms with Crippen molar-refractivity contribution in [2.75, 3.05) is 39.9 Å². The summed E-state index contributed by atoms with van der Waals surface area (Å²) >= 11 is 0. The molecule has 0 spiro atoms. The third-order valence-corrected chi connectivity index (χ3v) is 2.96. The largest absolute Gasteiger partial charge is 0.383 e. The molecule has 84 valence electrons. The molecule has 0 saturated carbocycles. The molecule has 2 unspecified atom stereocenters. The Hall–Kier alpha value is -0.120. The van der Waals surface area contributed by atoms with Gasteiger partial charge in [-0.05, 0) is 18.9 Å². The van der Waals surface area contributed by atoms with E-state index in [9.17, 15) is 0 Å². The molecule has 3 nitrogen and oxygen atoms in total. The summed E-state index contributed by atoms with van der Waals surface area (Å²) in [4.78, 5) is 2.56. The van der Waals surface area contributed by atoms with Gasteiger partial charge < -0.3 is 10.1 Å². The lowest BCUT2D eigenvalue weighted by Crippen LogP contribution is -2.41. The zero-order valence-electron chi connectivity index (χ0n) is 9.75. The van der Waals surface area contributed by atoms with Crippen molar-refractivity contribution in [3.05, 3.63) is 0 Å². The van der Waals surface area contributed by atoms with Crippen molar-refractivity contribution in [2.24, 2.45) is 5.92 Å². The lowest BCUT2D eigenvalue weighted by Gasteiger charge is -2.30. The number of nitrogens with zero attached hydrogens (tertiary/aromatic N) is 1. The Labute approximate surface area is 87.8 Å². The minimum absolute atomic E-state index is 0.599. The Balaban J connectivity index is 2.45. The van der Waals surface area contributed by atoms with Crippen molar-refractivity contribution in [3.8, 4) is 0 Å². The molecule has 1 aliphatic heterocycles. The number of hydrogen-bond donors (Lipinski definition) is 1. The number of rotatable bonds is 4. The molecular weight excluding hydrogens is 176 g/mol. The molecule has 0 aliphatic carbocycles. The molecule has 0 aromatic carbocycles. The summed E-state index contributed by atoms with van der Waals surface area (Å²) in [6.45, 7) is 10.0. The van der Waals surface area contributed by atoms with Gasteiger partial charge >= 0.3 is 0 Å². The quantitative estimate of drug-likeness (QED) is 0.731. The van der Waals surface area contributed by atoms with Gasteiger partial charge in [0.1, 0.15) is 0 Å². The molecule has 1 N–H and O–H groups in total. The van der Waals surface area contributed by atoms with Gasteiger partial charge in [-0.1, -0.05) is 13.8 Å². The van der Waals surface area contributed by atoms with Crippen LogP contribution in [0.25, 0.3) is 0 Å². The lowest BCUT2D eigenvalue weighted by atomic mass is 10.1. The molecule has 1 saturated heterocycles. The summed E-state index contributed by atoms with van der Waals surface area (Å²) < 4.78 is 5.26. The fourth-order valence-electron chi connectivity index (χ4n) is 2.13. The molecule has 1 rings (SSSR count). The Morgan fingerprint density at radius 1 is 1.57 bits per heavy atom. The highest BCUT2D eigenvalue weighted by molar-refractivity contribution is 4.76. The van der Waals surface area contributed by atoms with E-state index in [4.69, 9.17) is 4.74 Å². The summed E-state index contributed by atoms with van der Waals surface area (Å²) in [6, 6.07) is 0.599. The standard InChI is InChI=1S/C11H24N2O/c1-4-11(9-14-3)13-6-5-12-7-10(2)8-13/h10-12H,4-9H2,1-3H3. The van der Waals surface area contributed by atoms with Gasteiger partial charge in [-0.2, -0.15) is 0 Å². The number of ether oxygens (including phenoxy) is 1. The smallest absolute Gasteiger partial charge is 0.0617 e. The molecule has 0 radical (unpaired) electrons. The summed E-state index contributed by atoms with van der Waals surface area (Å²) in [5.74, 6) is 0.753. The van der Waals surface area contributed by atoms with E-state index in [1.807, 2.05) is 0 Å². The van der Waals surface area contributed by atoms with Crippen LogP contribution >= 0.6 is 0 Å². The number of hydrogen-bond acceptors (Lipinski definition) is 3. The van der Waals surface area contributed by atoms with Crippen LogP contribution in [0, 0.1) is 5.92 Å². The topological polar surface area (TPSA) is 24.5 Å². The summed E-state index contributed by atoms with van der Waals surface area (Å²) in [7, 11) is 1.79. The Bertz CT molecular complexity index is 152. The van der Waals surface area contributed by atoms with E-state index >= 15 is 0 Å². The predicted molar refractivity (Wildman–Crippen MR) is 59.6 cm³/mol. The first-order chi connectivity index (χ1) is 6.77. The molecule has 0 aromatic heterocycles. The average Bonchev–Trinajstić information content (AvgIpc) is 2.39. The summed E-state index contributed by atoms with van der Waals surface area (Å²) in [6.07, 6.45) is 1.18. The number of nitrogens with one attached hydrogen (secondary N) is 1. The van der Waals surface area contributed by atoms with E-state index < -0.39 is 0 Å². The molecule has 1 aliphatic rings. The normalized spacial score (nSPS) is 27.2. The maximum atomic E-state index is 5.26. The third-order valence-electron chi connectivity index (χ3n) is 2.96. The molecule has 0 aromatic rings. The van der Waals surface area contributed by atoms with Gasteiger partial charge in [0.05, 0.1) is 6.61 Å². The van der Waals surface area contributed by atoms with Crippen molar-refractivity contribution in [3.63, 3.8) is 0 Å². The van der Waals surface area contributed by atoms with Gasteiger partial charge in [-0.15, -0.1) is 0 Å². The van der Waals surface area contributed by atoms with Crippen LogP contribution in [0.5, 0.6) is 0 Å². The van der Waals surface area contributed by atoms with Gasteiger partial charge in [-0.3, -0.25) is 4.90 Å². The van der Waals surface area contributed by atoms with Crippen molar-refractivity contribution < 1.29 is 4.74 Å². The van der Waals surface area contributed by atoms with Gasteiger partial charge in [0.15, 0.2) is 0 Å². The molecule has 2 atom stereocenters. The second kappa shape index (κ2) is 6.38. The first kappa shape index (κ1) is 12.0. The summed E-state index contributed by atoms with van der Waals surface area (Å²) in [5.41, 5.74) is 0. The van der Waals surface area contributed by atoms with Gasteiger partial charge in [0.25, 0.3) is 0 Å². The maximum absolute atomic E-state index is 5.26. The highest BCUT2D eigenvalue weighted by Crippen LogP contribution is 2.10. The van der Waals surface area contributed by atoms with E-state index in [2.05, 4.69) is 24.1 Å². The molecule has 3 heteroatoms. The van der Waals surface area contributed by atoms with Crippen LogP contribution in [0.4, 0.5) is 0 Å². The first-order valence-corrected chi connectivity index (χ1v) is 5.71. The average molecular weight is 200 g/mol. The highest BCUT2D eigenvalue weighted by Gasteiger charge is 2.20. The fourth-order valence-corrected chi connectivity index (χ4v) is 2.13. The third kappa shape index (κ3) is 3.56. The fraction of sp³-hybridized carbons (Fsp3) is 1.00. The van der Waals surface area contributed by atoms with Crippen molar-refractivity contribution in [1.29, 1.82) is 0 Å². The van der Waals surface area contributed by atoms with Gasteiger partial charge in [0, 0.05) is 32.8 Å². The van der Waals surface area contributed by atoms with Crippen LogP contribution < -0.4 is 5.32 Å². The highest BCUT2D eigenvalue weighted by atomic mass is 16.5. The van der Waals surface area contributed by atoms with Crippen molar-refractivity contribution in [1.82, 2.24) is 10.2 Å². The predicted octanol–water partition coefficient (Wildman–Crippen LogP) is 0.953. The monoisotopic (exact) mass is 200 g/mol. The molecule has 0 amide bonds. The summed E-state index contributed by atoms with van der Waals surface area (Å²) in [5, 5.41) is 3.47. The van der Waals surface area contributed by atoms with E-state index in [-0.39, 0.29) is 0 Å². The molecular formula is C11H24N2O. The van der Waals surface area contributed by atoms with Crippen molar-refractivity contribution in [2.45, 2.75) is 26.3 Å². The number of methoxy groups -OCH3 is 1. The Kier molecular flexibility index (Phi) is 5.45. The van der Waals surface area contributed by atoms with Crippen LogP contribution in [0.2, 0.25) is 0 Å². The SMILES string of the molecule is CCC(COC)N1CCNCC(C)C1. The second-order valence-electron chi connectivity index (χ2n) is 4.32. The first-order valence-electron chi connectivity index (χ1n) is 5.71. The molecule has 14 heavy (non-hydrogen) atoms. The zero-order valence-corrected chi connectivity index (χ0v) is 9.75. The second-order valence-corrected chi connectivity index (χ2v) is 4.32. The lowest BCUT2D eigenvalue weighted by molar-refractivity contribution is 0.0854. The molecule has 1 fully saturated rings.